The van der Waals surface area contributed by atoms with Crippen LogP contribution in [0.25, 0.3) is 0 Å². The van der Waals surface area contributed by atoms with Crippen molar-refractivity contribution in [2.24, 2.45) is 0 Å². The van der Waals surface area contributed by atoms with Gasteiger partial charge in [0.15, 0.2) is 0 Å². The van der Waals surface area contributed by atoms with Gasteiger partial charge in [0.25, 0.3) is 0 Å². The van der Waals surface area contributed by atoms with E-state index in [1.807, 2.05) is 38.1 Å². The summed E-state index contributed by atoms with van der Waals surface area (Å²) < 4.78 is 27.7. The Morgan fingerprint density at radius 3 is 2.30 bits per heavy atom. The molecule has 1 aromatic heterocycles. The Labute approximate surface area is 132 Å². The van der Waals surface area contributed by atoms with Gasteiger partial charge in [0.2, 0.25) is 10.0 Å². The molecule has 0 aliphatic rings. The van der Waals surface area contributed by atoms with E-state index in [1.54, 1.807) is 23.5 Å². The third-order valence-corrected chi connectivity index (χ3v) is 6.52. The quantitative estimate of drug-likeness (QED) is 0.793. The lowest BCUT2D eigenvalue weighted by atomic mass is 10.2. The fourth-order valence-corrected chi connectivity index (χ4v) is 4.84. The Hall–Kier alpha value is -0.690. The zero-order chi connectivity index (χ0) is 14.8. The van der Waals surface area contributed by atoms with Crippen molar-refractivity contribution in [2.45, 2.75) is 25.3 Å². The average Bonchev–Trinajstić information content (AvgIpc) is 2.82. The zero-order valence-electron chi connectivity index (χ0n) is 11.3. The first-order valence-corrected chi connectivity index (χ1v) is 9.29. The molecule has 1 heterocycles. The summed E-state index contributed by atoms with van der Waals surface area (Å²) in [6.45, 7) is 4.65. The van der Waals surface area contributed by atoms with Crippen LogP contribution in [0.5, 0.6) is 0 Å². The molecule has 0 unspecified atom stereocenters. The molecular weight excluding hydrogens is 358 g/mol. The average molecular weight is 374 g/mol. The van der Waals surface area contributed by atoms with Crippen molar-refractivity contribution >= 4 is 37.3 Å². The largest absolute Gasteiger partial charge is 0.243 e. The van der Waals surface area contributed by atoms with Crippen LogP contribution in [0.1, 0.15) is 17.4 Å². The molecule has 108 valence electrons. The molecule has 0 fully saturated rings. The summed E-state index contributed by atoms with van der Waals surface area (Å²) in [6.07, 6.45) is 0. The molecule has 0 saturated heterocycles. The van der Waals surface area contributed by atoms with Crippen molar-refractivity contribution in [2.75, 3.05) is 6.54 Å². The maximum Gasteiger partial charge on any atom is 0.243 e. The summed E-state index contributed by atoms with van der Waals surface area (Å²) in [7, 11) is -3.43. The molecule has 3 nitrogen and oxygen atoms in total. The van der Waals surface area contributed by atoms with Crippen LogP contribution < -0.4 is 0 Å². The molecule has 0 amide bonds. The van der Waals surface area contributed by atoms with E-state index in [2.05, 4.69) is 15.9 Å². The normalized spacial score (nSPS) is 12.0. The number of halogens is 1. The molecule has 0 aliphatic heterocycles. The van der Waals surface area contributed by atoms with Crippen LogP contribution in [0.15, 0.2) is 45.1 Å². The number of sulfonamides is 1. The van der Waals surface area contributed by atoms with Crippen molar-refractivity contribution in [1.29, 1.82) is 0 Å². The van der Waals surface area contributed by atoms with Crippen molar-refractivity contribution in [3.05, 3.63) is 50.6 Å². The Bertz CT molecular complexity index is 677. The Balaban J connectivity index is 2.27. The maximum atomic E-state index is 12.6. The summed E-state index contributed by atoms with van der Waals surface area (Å²) >= 11 is 4.95. The summed E-state index contributed by atoms with van der Waals surface area (Å²) in [6, 6.07) is 10.9. The number of rotatable bonds is 5. The van der Waals surface area contributed by atoms with Crippen molar-refractivity contribution < 1.29 is 8.42 Å². The molecule has 1 aromatic carbocycles. The smallest absolute Gasteiger partial charge is 0.207 e. The number of thiophene rings is 1. The van der Waals surface area contributed by atoms with Crippen LogP contribution in [0.3, 0.4) is 0 Å². The van der Waals surface area contributed by atoms with Crippen LogP contribution in [0.2, 0.25) is 0 Å². The van der Waals surface area contributed by atoms with Gasteiger partial charge in [0, 0.05) is 18.0 Å². The second kappa shape index (κ2) is 6.39. The standard InChI is InChI=1S/C14H16BrNO2S2/c1-3-16(10-12-6-9-14(15)19-12)20(17,18)13-7-4-11(2)5-8-13/h4-9H,3,10H2,1-2H3. The first-order valence-electron chi connectivity index (χ1n) is 6.24. The van der Waals surface area contributed by atoms with Crippen LogP contribution in [-0.4, -0.2) is 19.3 Å². The van der Waals surface area contributed by atoms with Crippen LogP contribution in [-0.2, 0) is 16.6 Å². The highest BCUT2D eigenvalue weighted by Crippen LogP contribution is 2.25. The van der Waals surface area contributed by atoms with E-state index < -0.39 is 10.0 Å². The van der Waals surface area contributed by atoms with Gasteiger partial charge in [-0.2, -0.15) is 4.31 Å². The van der Waals surface area contributed by atoms with Gasteiger partial charge in [-0.05, 0) is 47.1 Å². The topological polar surface area (TPSA) is 37.4 Å². The summed E-state index contributed by atoms with van der Waals surface area (Å²) in [4.78, 5) is 1.37. The monoisotopic (exact) mass is 373 g/mol. The molecule has 0 saturated carbocycles. The lowest BCUT2D eigenvalue weighted by Gasteiger charge is -2.19. The van der Waals surface area contributed by atoms with Gasteiger partial charge in [0.1, 0.15) is 0 Å². The lowest BCUT2D eigenvalue weighted by molar-refractivity contribution is 0.426. The lowest BCUT2D eigenvalue weighted by Crippen LogP contribution is -2.30. The Kier molecular flexibility index (Phi) is 5.01. The Morgan fingerprint density at radius 2 is 1.80 bits per heavy atom. The van der Waals surface area contributed by atoms with Crippen molar-refractivity contribution in [3.63, 3.8) is 0 Å². The molecule has 0 aliphatic carbocycles. The summed E-state index contributed by atoms with van der Waals surface area (Å²) in [5.74, 6) is 0. The molecule has 2 rings (SSSR count). The third kappa shape index (κ3) is 3.49. The van der Waals surface area contributed by atoms with Crippen LogP contribution in [0, 0.1) is 6.92 Å². The van der Waals surface area contributed by atoms with Crippen LogP contribution in [0.4, 0.5) is 0 Å². The highest BCUT2D eigenvalue weighted by molar-refractivity contribution is 9.11. The molecule has 0 bridgehead atoms. The van der Waals surface area contributed by atoms with E-state index in [1.165, 1.54) is 4.31 Å². The van der Waals surface area contributed by atoms with Gasteiger partial charge in [0.05, 0.1) is 8.68 Å². The van der Waals surface area contributed by atoms with E-state index in [4.69, 9.17) is 0 Å². The predicted molar refractivity (Wildman–Crippen MR) is 86.5 cm³/mol. The van der Waals surface area contributed by atoms with Gasteiger partial charge in [-0.25, -0.2) is 8.42 Å². The van der Waals surface area contributed by atoms with Gasteiger partial charge < -0.3 is 0 Å². The van der Waals surface area contributed by atoms with Gasteiger partial charge in [-0.1, -0.05) is 24.6 Å². The number of hydrogen-bond donors (Lipinski definition) is 0. The molecule has 6 heteroatoms. The van der Waals surface area contributed by atoms with E-state index in [0.717, 1.165) is 14.2 Å². The highest BCUT2D eigenvalue weighted by Gasteiger charge is 2.23. The van der Waals surface area contributed by atoms with Gasteiger partial charge >= 0.3 is 0 Å². The fourth-order valence-electron chi connectivity index (χ4n) is 1.84. The molecule has 0 spiro atoms. The number of benzene rings is 1. The highest BCUT2D eigenvalue weighted by atomic mass is 79.9. The van der Waals surface area contributed by atoms with Crippen molar-refractivity contribution in [3.8, 4) is 0 Å². The zero-order valence-corrected chi connectivity index (χ0v) is 14.6. The predicted octanol–water partition coefficient (Wildman–Crippen LogP) is 4.03. The van der Waals surface area contributed by atoms with Gasteiger partial charge in [-0.15, -0.1) is 11.3 Å². The minimum Gasteiger partial charge on any atom is -0.207 e. The molecule has 2 aromatic rings. The molecule has 20 heavy (non-hydrogen) atoms. The molecule has 0 N–H and O–H groups in total. The number of nitrogens with zero attached hydrogens (tertiary/aromatic N) is 1. The van der Waals surface area contributed by atoms with E-state index >= 15 is 0 Å². The van der Waals surface area contributed by atoms with E-state index in [9.17, 15) is 8.42 Å². The second-order valence-electron chi connectivity index (χ2n) is 4.45. The number of aryl methyl sites for hydroxylation is 1. The Morgan fingerprint density at radius 1 is 1.15 bits per heavy atom. The molecular formula is C14H16BrNO2S2. The van der Waals surface area contributed by atoms with E-state index in [-0.39, 0.29) is 0 Å². The minimum absolute atomic E-state index is 0.348. The van der Waals surface area contributed by atoms with Gasteiger partial charge in [-0.3, -0.25) is 0 Å². The maximum absolute atomic E-state index is 12.6. The minimum atomic E-state index is -3.43. The SMILES string of the molecule is CCN(Cc1ccc(Br)s1)S(=O)(=O)c1ccc(C)cc1. The third-order valence-electron chi connectivity index (χ3n) is 2.97. The summed E-state index contributed by atoms with van der Waals surface area (Å²) in [5, 5.41) is 0. The fraction of sp³-hybridized carbons (Fsp3) is 0.286. The molecule has 0 atom stereocenters. The number of hydrogen-bond acceptors (Lipinski definition) is 3. The second-order valence-corrected chi connectivity index (χ2v) is 8.94. The first-order chi connectivity index (χ1) is 9.43. The van der Waals surface area contributed by atoms with E-state index in [0.29, 0.717) is 18.0 Å². The van der Waals surface area contributed by atoms with Crippen LogP contribution >= 0.6 is 27.3 Å². The first kappa shape index (κ1) is 15.7. The van der Waals surface area contributed by atoms with Crippen molar-refractivity contribution in [1.82, 2.24) is 4.31 Å². The molecule has 0 radical (unpaired) electrons. The summed E-state index contributed by atoms with van der Waals surface area (Å²) in [5.41, 5.74) is 1.05.